The molecule has 0 aliphatic rings. The minimum Gasteiger partial charge on any atom is -0.506 e. The fraction of sp³-hybridized carbons (Fsp3) is 0.200. The highest BCUT2D eigenvalue weighted by Gasteiger charge is 2.21. The van der Waals surface area contributed by atoms with E-state index in [-0.39, 0.29) is 39.2 Å². The highest BCUT2D eigenvalue weighted by atomic mass is 32.2. The first-order valence-electron chi connectivity index (χ1n) is 7.61. The molecule has 0 spiro atoms. The van der Waals surface area contributed by atoms with Crippen LogP contribution in [0.2, 0.25) is 0 Å². The number of hydrogen-bond donors (Lipinski definition) is 6. The molecule has 0 radical (unpaired) electrons. The maximum atomic E-state index is 12.3. The van der Waals surface area contributed by atoms with Gasteiger partial charge >= 0.3 is 0 Å². The molecule has 0 saturated carbocycles. The summed E-state index contributed by atoms with van der Waals surface area (Å²) in [7, 11) is -7.93. The third-order valence-corrected chi connectivity index (χ3v) is 6.56. The van der Waals surface area contributed by atoms with Crippen molar-refractivity contribution in [2.45, 2.75) is 22.8 Å². The second-order valence-electron chi connectivity index (χ2n) is 5.82. The Labute approximate surface area is 156 Å². The topological polar surface area (TPSA) is 185 Å². The molecule has 0 fully saturated rings. The molecule has 2 aromatic carbocycles. The highest BCUT2D eigenvalue weighted by Crippen LogP contribution is 2.24. The van der Waals surface area contributed by atoms with Crippen LogP contribution in [0, 0.1) is 0 Å². The Morgan fingerprint density at radius 1 is 0.889 bits per heavy atom. The molecule has 1 unspecified atom stereocenters. The summed E-state index contributed by atoms with van der Waals surface area (Å²) in [4.78, 5) is -0.335. The predicted molar refractivity (Wildman–Crippen MR) is 100 cm³/mol. The number of benzene rings is 2. The van der Waals surface area contributed by atoms with Gasteiger partial charge in [-0.2, -0.15) is 0 Å². The molecule has 10 nitrogen and oxygen atoms in total. The number of hydrogen-bond acceptors (Lipinski definition) is 8. The van der Waals surface area contributed by atoms with Crippen LogP contribution in [0.5, 0.6) is 11.5 Å². The Bertz CT molecular complexity index is 1050. The first kappa shape index (κ1) is 20.8. The van der Waals surface area contributed by atoms with Crippen LogP contribution in [0.15, 0.2) is 46.2 Å². The minimum absolute atomic E-state index is 0.100. The molecule has 148 valence electrons. The summed E-state index contributed by atoms with van der Waals surface area (Å²) in [6, 6.07) is 6.01. The smallest absolute Gasteiger partial charge is 0.240 e. The zero-order chi connectivity index (χ0) is 20.4. The van der Waals surface area contributed by atoms with Gasteiger partial charge in [-0.3, -0.25) is 0 Å². The maximum Gasteiger partial charge on any atom is 0.240 e. The van der Waals surface area contributed by atoms with Gasteiger partial charge in [0.1, 0.15) is 11.5 Å². The number of nitrogen functional groups attached to an aromatic ring is 2. The molecule has 8 N–H and O–H groups in total. The van der Waals surface area contributed by atoms with Crippen molar-refractivity contribution in [1.29, 1.82) is 0 Å². The van der Waals surface area contributed by atoms with Crippen LogP contribution < -0.4 is 20.9 Å². The molecule has 0 bridgehead atoms. The number of nitrogens with one attached hydrogen (secondary N) is 2. The lowest BCUT2D eigenvalue weighted by Gasteiger charge is -2.16. The Hall–Kier alpha value is -2.54. The number of aromatic hydroxyl groups is 2. The van der Waals surface area contributed by atoms with Crippen molar-refractivity contribution < 1.29 is 27.0 Å². The van der Waals surface area contributed by atoms with Crippen LogP contribution in [0.3, 0.4) is 0 Å². The molecule has 0 heterocycles. The Balaban J connectivity index is 2.07. The van der Waals surface area contributed by atoms with Gasteiger partial charge in [-0.25, -0.2) is 26.3 Å². The molecular weight excluding hydrogens is 396 g/mol. The number of phenols is 2. The van der Waals surface area contributed by atoms with Gasteiger partial charge in [0.15, 0.2) is 0 Å². The van der Waals surface area contributed by atoms with Gasteiger partial charge in [0.2, 0.25) is 20.0 Å². The highest BCUT2D eigenvalue weighted by molar-refractivity contribution is 7.90. The van der Waals surface area contributed by atoms with E-state index in [1.807, 2.05) is 0 Å². The number of anilines is 2. The van der Waals surface area contributed by atoms with E-state index in [1.54, 1.807) is 0 Å². The number of phenolic OH excluding ortho intramolecular Hbond substituents is 2. The van der Waals surface area contributed by atoms with Gasteiger partial charge in [0.05, 0.1) is 21.2 Å². The second kappa shape index (κ2) is 7.60. The SMILES string of the molecule is CC(CNS(=O)(=O)c1ccc(O)c(N)c1)NS(=O)(=O)c1ccc(O)c(N)c1. The summed E-state index contributed by atoms with van der Waals surface area (Å²) in [5.74, 6) is -0.494. The first-order valence-corrected chi connectivity index (χ1v) is 10.6. The predicted octanol–water partition coefficient (Wildman–Crippen LogP) is -0.0925. The lowest BCUT2D eigenvalue weighted by Crippen LogP contribution is -2.41. The van der Waals surface area contributed by atoms with Crippen LogP contribution in [0.25, 0.3) is 0 Å². The van der Waals surface area contributed by atoms with Crippen molar-refractivity contribution >= 4 is 31.4 Å². The van der Waals surface area contributed by atoms with E-state index in [0.29, 0.717) is 0 Å². The fourth-order valence-electron chi connectivity index (χ4n) is 2.09. The molecular formula is C15H20N4O6S2. The molecule has 0 aliphatic heterocycles. The fourth-order valence-corrected chi connectivity index (χ4v) is 4.54. The van der Waals surface area contributed by atoms with Crippen LogP contribution in [-0.4, -0.2) is 39.6 Å². The molecule has 12 heteroatoms. The maximum absolute atomic E-state index is 12.3. The third kappa shape index (κ3) is 5.01. The molecule has 0 amide bonds. The summed E-state index contributed by atoms with van der Waals surface area (Å²) < 4.78 is 53.7. The van der Waals surface area contributed by atoms with E-state index >= 15 is 0 Å². The number of nitrogens with two attached hydrogens (primary N) is 2. The van der Waals surface area contributed by atoms with E-state index in [0.717, 1.165) is 24.3 Å². The van der Waals surface area contributed by atoms with Crippen LogP contribution in [0.1, 0.15) is 6.92 Å². The summed E-state index contributed by atoms with van der Waals surface area (Å²) in [5.41, 5.74) is 10.8. The van der Waals surface area contributed by atoms with Crippen LogP contribution >= 0.6 is 0 Å². The zero-order valence-corrected chi connectivity index (χ0v) is 15.9. The van der Waals surface area contributed by atoms with Crippen molar-refractivity contribution in [3.63, 3.8) is 0 Å². The molecule has 0 aliphatic carbocycles. The van der Waals surface area contributed by atoms with Gasteiger partial charge in [0.25, 0.3) is 0 Å². The molecule has 0 saturated heterocycles. The summed E-state index contributed by atoms with van der Waals surface area (Å²) in [5, 5.41) is 18.7. The van der Waals surface area contributed by atoms with E-state index < -0.39 is 26.1 Å². The lowest BCUT2D eigenvalue weighted by atomic mass is 10.3. The van der Waals surface area contributed by atoms with E-state index in [1.165, 1.54) is 19.1 Å². The van der Waals surface area contributed by atoms with Crippen molar-refractivity contribution in [3.05, 3.63) is 36.4 Å². The Kier molecular flexibility index (Phi) is 5.85. The van der Waals surface area contributed by atoms with Crippen molar-refractivity contribution in [1.82, 2.24) is 9.44 Å². The Morgan fingerprint density at radius 3 is 1.78 bits per heavy atom. The quantitative estimate of drug-likeness (QED) is 0.267. The first-order chi connectivity index (χ1) is 12.4. The average molecular weight is 416 g/mol. The van der Waals surface area contributed by atoms with E-state index in [2.05, 4.69) is 9.44 Å². The zero-order valence-electron chi connectivity index (χ0n) is 14.2. The second-order valence-corrected chi connectivity index (χ2v) is 9.30. The molecule has 0 aromatic heterocycles. The largest absolute Gasteiger partial charge is 0.506 e. The average Bonchev–Trinajstić information content (AvgIpc) is 2.57. The van der Waals surface area contributed by atoms with Gasteiger partial charge in [0, 0.05) is 12.6 Å². The van der Waals surface area contributed by atoms with Gasteiger partial charge < -0.3 is 21.7 Å². The van der Waals surface area contributed by atoms with Crippen molar-refractivity contribution in [2.75, 3.05) is 18.0 Å². The third-order valence-electron chi connectivity index (χ3n) is 3.55. The summed E-state index contributed by atoms with van der Waals surface area (Å²) in [6.07, 6.45) is 0. The van der Waals surface area contributed by atoms with Crippen molar-refractivity contribution in [3.8, 4) is 11.5 Å². The molecule has 1 atom stereocenters. The van der Waals surface area contributed by atoms with Gasteiger partial charge in [-0.15, -0.1) is 0 Å². The van der Waals surface area contributed by atoms with Crippen LogP contribution in [0.4, 0.5) is 11.4 Å². The molecule has 2 aromatic rings. The van der Waals surface area contributed by atoms with Gasteiger partial charge in [-0.05, 0) is 43.3 Å². The van der Waals surface area contributed by atoms with E-state index in [9.17, 15) is 27.0 Å². The van der Waals surface area contributed by atoms with Crippen LogP contribution in [-0.2, 0) is 20.0 Å². The van der Waals surface area contributed by atoms with Crippen molar-refractivity contribution in [2.24, 2.45) is 0 Å². The Morgan fingerprint density at radius 2 is 1.33 bits per heavy atom. The normalized spacial score (nSPS) is 13.4. The minimum atomic E-state index is -3.97. The standard InChI is InChI=1S/C15H20N4O6S2/c1-9(19-27(24,25)11-3-5-15(21)13(17)7-11)8-18-26(22,23)10-2-4-14(20)12(16)6-10/h2-7,9,18-21H,8,16-17H2,1H3. The van der Waals surface area contributed by atoms with Gasteiger partial charge in [-0.1, -0.05) is 0 Å². The lowest BCUT2D eigenvalue weighted by molar-refractivity contribution is 0.476. The number of sulfonamides is 2. The molecule has 2 rings (SSSR count). The molecule has 27 heavy (non-hydrogen) atoms. The number of rotatable bonds is 7. The van der Waals surface area contributed by atoms with E-state index in [4.69, 9.17) is 11.5 Å². The summed E-state index contributed by atoms with van der Waals surface area (Å²) in [6.45, 7) is 1.23. The monoisotopic (exact) mass is 416 g/mol. The summed E-state index contributed by atoms with van der Waals surface area (Å²) >= 11 is 0.